The largest absolute Gasteiger partial charge is 0.480 e. The second-order valence-electron chi connectivity index (χ2n) is 3.66. The van der Waals surface area contributed by atoms with Crippen LogP contribution in [0.3, 0.4) is 0 Å². The molecular weight excluding hydrogens is 212 g/mol. The number of unbranched alkanes of at least 4 members (excludes halogenated alkanes) is 1. The molecule has 0 rings (SSSR count). The monoisotopic (exact) mass is 232 g/mol. The van der Waals surface area contributed by atoms with Gasteiger partial charge in [-0.25, -0.2) is 4.79 Å². The molecule has 0 aromatic rings. The number of nitrogens with one attached hydrogen (secondary N) is 1. The Morgan fingerprint density at radius 2 is 2.00 bits per heavy atom. The minimum absolute atomic E-state index is 0.0123. The summed E-state index contributed by atoms with van der Waals surface area (Å²) in [5.41, 5.74) is 5.58. The van der Waals surface area contributed by atoms with Crippen LogP contribution in [0.1, 0.15) is 32.6 Å². The highest BCUT2D eigenvalue weighted by atomic mass is 16.4. The van der Waals surface area contributed by atoms with Crippen molar-refractivity contribution in [3.05, 3.63) is 0 Å². The Bertz CT molecular complexity index is 233. The van der Waals surface area contributed by atoms with E-state index in [0.717, 1.165) is 12.8 Å². The first-order valence-electron chi connectivity index (χ1n) is 5.42. The average Bonchev–Trinajstić information content (AvgIpc) is 2.24. The third-order valence-corrected chi connectivity index (χ3v) is 2.24. The number of aliphatic carboxylic acids is 1. The average molecular weight is 232 g/mol. The van der Waals surface area contributed by atoms with E-state index in [4.69, 9.17) is 15.9 Å². The quantitative estimate of drug-likeness (QED) is 0.449. The van der Waals surface area contributed by atoms with Crippen LogP contribution < -0.4 is 11.1 Å². The number of hydrogen-bond donors (Lipinski definition) is 4. The van der Waals surface area contributed by atoms with Crippen molar-refractivity contribution in [2.45, 2.75) is 44.7 Å². The van der Waals surface area contributed by atoms with Crippen LogP contribution in [-0.4, -0.2) is 40.8 Å². The lowest BCUT2D eigenvalue weighted by Gasteiger charge is -2.16. The normalized spacial score (nSPS) is 14.2. The van der Waals surface area contributed by atoms with Crippen molar-refractivity contribution in [1.29, 1.82) is 0 Å². The van der Waals surface area contributed by atoms with Gasteiger partial charge in [0.05, 0.1) is 6.04 Å². The summed E-state index contributed by atoms with van der Waals surface area (Å²) in [6, 6.07) is -1.74. The molecular formula is C10H20N2O4. The summed E-state index contributed by atoms with van der Waals surface area (Å²) < 4.78 is 0. The van der Waals surface area contributed by atoms with E-state index in [1.165, 1.54) is 0 Å². The maximum absolute atomic E-state index is 11.5. The van der Waals surface area contributed by atoms with Gasteiger partial charge in [0.25, 0.3) is 0 Å². The third kappa shape index (κ3) is 5.67. The van der Waals surface area contributed by atoms with Crippen LogP contribution in [0, 0.1) is 0 Å². The molecule has 0 aliphatic heterocycles. The SMILES string of the molecule is CCCCC(N)C(=O)N[C@H](CCO)C(=O)O. The van der Waals surface area contributed by atoms with Gasteiger partial charge in [-0.15, -0.1) is 0 Å². The second kappa shape index (κ2) is 8.06. The van der Waals surface area contributed by atoms with Gasteiger partial charge in [0, 0.05) is 13.0 Å². The molecule has 1 unspecified atom stereocenters. The molecule has 94 valence electrons. The first-order valence-corrected chi connectivity index (χ1v) is 5.42. The van der Waals surface area contributed by atoms with Gasteiger partial charge in [-0.2, -0.15) is 0 Å². The van der Waals surface area contributed by atoms with Gasteiger partial charge in [-0.05, 0) is 6.42 Å². The molecule has 6 heteroatoms. The van der Waals surface area contributed by atoms with Crippen molar-refractivity contribution in [2.75, 3.05) is 6.61 Å². The van der Waals surface area contributed by atoms with Crippen molar-refractivity contribution in [1.82, 2.24) is 5.32 Å². The van der Waals surface area contributed by atoms with Crippen LogP contribution in [0.5, 0.6) is 0 Å². The number of carbonyl (C=O) groups is 2. The Morgan fingerprint density at radius 3 is 2.44 bits per heavy atom. The van der Waals surface area contributed by atoms with Crippen molar-refractivity contribution < 1.29 is 19.8 Å². The molecule has 0 bridgehead atoms. The van der Waals surface area contributed by atoms with Gasteiger partial charge in [-0.1, -0.05) is 19.8 Å². The van der Waals surface area contributed by atoms with Gasteiger partial charge >= 0.3 is 5.97 Å². The molecule has 16 heavy (non-hydrogen) atoms. The number of carboxylic acid groups (broad SMARTS) is 1. The summed E-state index contributed by atoms with van der Waals surface area (Å²) >= 11 is 0. The van der Waals surface area contributed by atoms with E-state index in [0.29, 0.717) is 6.42 Å². The van der Waals surface area contributed by atoms with E-state index in [1.807, 2.05) is 6.92 Å². The van der Waals surface area contributed by atoms with Crippen LogP contribution in [-0.2, 0) is 9.59 Å². The number of aliphatic hydroxyl groups excluding tert-OH is 1. The number of rotatable bonds is 8. The second-order valence-corrected chi connectivity index (χ2v) is 3.66. The number of carbonyl (C=O) groups excluding carboxylic acids is 1. The smallest absolute Gasteiger partial charge is 0.326 e. The summed E-state index contributed by atoms with van der Waals surface area (Å²) in [7, 11) is 0. The summed E-state index contributed by atoms with van der Waals surface area (Å²) in [4.78, 5) is 22.2. The highest BCUT2D eigenvalue weighted by Gasteiger charge is 2.22. The standard InChI is InChI=1S/C10H20N2O4/c1-2-3-4-7(11)9(14)12-8(5-6-13)10(15)16/h7-8,13H,2-6,11H2,1H3,(H,12,14)(H,15,16)/t7?,8-/m1/s1. The summed E-state index contributed by atoms with van der Waals surface area (Å²) in [6.07, 6.45) is 2.28. The summed E-state index contributed by atoms with van der Waals surface area (Å²) in [6.45, 7) is 1.69. The van der Waals surface area contributed by atoms with E-state index < -0.39 is 24.0 Å². The maximum atomic E-state index is 11.5. The van der Waals surface area contributed by atoms with Gasteiger partial charge in [0.2, 0.25) is 5.91 Å². The van der Waals surface area contributed by atoms with E-state index in [2.05, 4.69) is 5.32 Å². The van der Waals surface area contributed by atoms with Gasteiger partial charge in [0.1, 0.15) is 6.04 Å². The summed E-state index contributed by atoms with van der Waals surface area (Å²) in [5.74, 6) is -1.64. The van der Waals surface area contributed by atoms with E-state index >= 15 is 0 Å². The Morgan fingerprint density at radius 1 is 1.38 bits per heavy atom. The molecule has 0 saturated carbocycles. The zero-order valence-corrected chi connectivity index (χ0v) is 9.48. The lowest BCUT2D eigenvalue weighted by molar-refractivity contribution is -0.142. The van der Waals surface area contributed by atoms with Crippen molar-refractivity contribution >= 4 is 11.9 Å². The number of carboxylic acids is 1. The molecule has 0 spiro atoms. The lowest BCUT2D eigenvalue weighted by Crippen LogP contribution is -2.48. The zero-order valence-electron chi connectivity index (χ0n) is 9.48. The minimum Gasteiger partial charge on any atom is -0.480 e. The molecule has 0 radical (unpaired) electrons. The van der Waals surface area contributed by atoms with Crippen molar-refractivity contribution in [3.63, 3.8) is 0 Å². The maximum Gasteiger partial charge on any atom is 0.326 e. The molecule has 5 N–H and O–H groups in total. The molecule has 0 heterocycles. The van der Waals surface area contributed by atoms with Crippen LogP contribution in [0.15, 0.2) is 0 Å². The zero-order chi connectivity index (χ0) is 12.6. The number of amides is 1. The highest BCUT2D eigenvalue weighted by Crippen LogP contribution is 2.00. The first-order chi connectivity index (χ1) is 7.52. The van der Waals surface area contributed by atoms with Gasteiger partial charge in [-0.3, -0.25) is 4.79 Å². The summed E-state index contributed by atoms with van der Waals surface area (Å²) in [5, 5.41) is 19.7. The first kappa shape index (κ1) is 14.9. The number of hydrogen-bond acceptors (Lipinski definition) is 4. The van der Waals surface area contributed by atoms with Crippen LogP contribution >= 0.6 is 0 Å². The number of nitrogens with two attached hydrogens (primary N) is 1. The van der Waals surface area contributed by atoms with Crippen molar-refractivity contribution in [2.24, 2.45) is 5.73 Å². The molecule has 0 aromatic carbocycles. The predicted octanol–water partition coefficient (Wildman–Crippen LogP) is -0.544. The third-order valence-electron chi connectivity index (χ3n) is 2.24. The lowest BCUT2D eigenvalue weighted by atomic mass is 10.1. The van der Waals surface area contributed by atoms with E-state index in [-0.39, 0.29) is 13.0 Å². The molecule has 0 aromatic heterocycles. The van der Waals surface area contributed by atoms with Crippen molar-refractivity contribution in [3.8, 4) is 0 Å². The molecule has 0 fully saturated rings. The Hall–Kier alpha value is -1.14. The van der Waals surface area contributed by atoms with Crippen LogP contribution in [0.4, 0.5) is 0 Å². The number of aliphatic hydroxyl groups is 1. The van der Waals surface area contributed by atoms with Crippen LogP contribution in [0.25, 0.3) is 0 Å². The molecule has 1 amide bonds. The van der Waals surface area contributed by atoms with E-state index in [9.17, 15) is 9.59 Å². The Labute approximate surface area is 94.8 Å². The Kier molecular flexibility index (Phi) is 7.49. The molecule has 0 saturated heterocycles. The molecule has 0 aliphatic rings. The van der Waals surface area contributed by atoms with Crippen LogP contribution in [0.2, 0.25) is 0 Å². The highest BCUT2D eigenvalue weighted by molar-refractivity contribution is 5.86. The minimum atomic E-state index is -1.16. The predicted molar refractivity (Wildman–Crippen MR) is 58.8 cm³/mol. The van der Waals surface area contributed by atoms with Gasteiger partial charge in [0.15, 0.2) is 0 Å². The fraction of sp³-hybridized carbons (Fsp3) is 0.800. The topological polar surface area (TPSA) is 113 Å². The van der Waals surface area contributed by atoms with Gasteiger partial charge < -0.3 is 21.3 Å². The fourth-order valence-corrected chi connectivity index (χ4v) is 1.22. The fourth-order valence-electron chi connectivity index (χ4n) is 1.22. The van der Waals surface area contributed by atoms with E-state index in [1.54, 1.807) is 0 Å². The molecule has 6 nitrogen and oxygen atoms in total. The molecule has 0 aliphatic carbocycles. The molecule has 2 atom stereocenters. The Balaban J connectivity index is 4.12.